The summed E-state index contributed by atoms with van der Waals surface area (Å²) in [5.41, 5.74) is 6.13. The Balaban J connectivity index is 1.51. The van der Waals surface area contributed by atoms with Crippen molar-refractivity contribution in [2.45, 2.75) is 6.92 Å². The van der Waals surface area contributed by atoms with Crippen LogP contribution >= 0.6 is 28.1 Å². The number of anilines is 1. The number of nitrogens with zero attached hydrogens (tertiary/aromatic N) is 1. The minimum atomic E-state index is -0.409. The Morgan fingerprint density at radius 2 is 1.79 bits per heavy atom. The first-order valence-electron chi connectivity index (χ1n) is 8.74. The molecule has 7 heteroatoms. The molecule has 3 rings (SSSR count). The zero-order chi connectivity index (χ0) is 20.6. The van der Waals surface area contributed by atoms with E-state index in [9.17, 15) is 4.79 Å². The van der Waals surface area contributed by atoms with Crippen LogP contribution in [0.5, 0.6) is 5.75 Å². The predicted molar refractivity (Wildman–Crippen MR) is 124 cm³/mol. The number of hydrogen-bond acceptors (Lipinski definition) is 4. The average Bonchev–Trinajstić information content (AvgIpc) is 2.70. The quantitative estimate of drug-likeness (QED) is 0.175. The van der Waals surface area contributed by atoms with Crippen molar-refractivity contribution >= 4 is 51.1 Å². The van der Waals surface area contributed by atoms with Crippen molar-refractivity contribution in [2.75, 3.05) is 5.32 Å². The number of hydrogen-bond donors (Lipinski definition) is 2. The minimum Gasteiger partial charge on any atom is -0.423 e. The largest absolute Gasteiger partial charge is 0.423 e. The topological polar surface area (TPSA) is 62.7 Å². The molecule has 0 aliphatic heterocycles. The van der Waals surface area contributed by atoms with Crippen LogP contribution in [0, 0.1) is 6.92 Å². The Kier molecular flexibility index (Phi) is 7.10. The van der Waals surface area contributed by atoms with Gasteiger partial charge in [-0.15, -0.1) is 0 Å². The molecule has 0 heterocycles. The maximum absolute atomic E-state index is 12.1. The van der Waals surface area contributed by atoms with Gasteiger partial charge in [0.05, 0.1) is 11.8 Å². The summed E-state index contributed by atoms with van der Waals surface area (Å²) in [5, 5.41) is 7.58. The maximum atomic E-state index is 12.1. The molecule has 0 radical (unpaired) electrons. The van der Waals surface area contributed by atoms with Gasteiger partial charge in [-0.3, -0.25) is 5.43 Å². The van der Waals surface area contributed by atoms with Crippen LogP contribution in [-0.2, 0) is 0 Å². The second kappa shape index (κ2) is 9.95. The summed E-state index contributed by atoms with van der Waals surface area (Å²) in [6.45, 7) is 2.01. The molecule has 0 amide bonds. The van der Waals surface area contributed by atoms with E-state index in [0.29, 0.717) is 16.4 Å². The molecule has 0 aliphatic rings. The third-order valence-electron chi connectivity index (χ3n) is 3.83. The Morgan fingerprint density at radius 3 is 2.48 bits per heavy atom. The highest BCUT2D eigenvalue weighted by Gasteiger charge is 2.08. The SMILES string of the molecule is Cc1cccc(NC(=S)NN=Cc2ccc(OC(=O)c3ccc(Br)cc3)cc2)c1. The molecular formula is C22H18BrN3O2S. The Morgan fingerprint density at radius 1 is 1.07 bits per heavy atom. The van der Waals surface area contributed by atoms with Gasteiger partial charge in [0.1, 0.15) is 5.75 Å². The Labute approximate surface area is 182 Å². The van der Waals surface area contributed by atoms with E-state index in [-0.39, 0.29) is 0 Å². The van der Waals surface area contributed by atoms with Crippen LogP contribution in [0.25, 0.3) is 0 Å². The highest BCUT2D eigenvalue weighted by atomic mass is 79.9. The summed E-state index contributed by atoms with van der Waals surface area (Å²) in [6, 6.07) is 21.9. The van der Waals surface area contributed by atoms with Crippen LogP contribution in [-0.4, -0.2) is 17.3 Å². The normalized spacial score (nSPS) is 10.6. The summed E-state index contributed by atoms with van der Waals surface area (Å²) in [6.07, 6.45) is 1.63. The number of benzene rings is 3. The van der Waals surface area contributed by atoms with E-state index in [0.717, 1.165) is 21.3 Å². The van der Waals surface area contributed by atoms with Gasteiger partial charge in [0, 0.05) is 10.2 Å². The summed E-state index contributed by atoms with van der Waals surface area (Å²) >= 11 is 8.56. The van der Waals surface area contributed by atoms with Crippen molar-refractivity contribution in [1.82, 2.24) is 5.43 Å². The summed E-state index contributed by atoms with van der Waals surface area (Å²) < 4.78 is 6.27. The second-order valence-electron chi connectivity index (χ2n) is 6.16. The first kappa shape index (κ1) is 20.7. The molecule has 3 aromatic rings. The molecule has 0 saturated heterocycles. The van der Waals surface area contributed by atoms with Gasteiger partial charge in [-0.25, -0.2) is 4.79 Å². The van der Waals surface area contributed by atoms with E-state index in [2.05, 4.69) is 31.8 Å². The highest BCUT2D eigenvalue weighted by Crippen LogP contribution is 2.15. The molecule has 2 N–H and O–H groups in total. The van der Waals surface area contributed by atoms with E-state index in [1.54, 1.807) is 54.7 Å². The number of carbonyl (C=O) groups excluding carboxylic acids is 1. The van der Waals surface area contributed by atoms with Crippen molar-refractivity contribution in [3.05, 3.63) is 94.0 Å². The maximum Gasteiger partial charge on any atom is 0.343 e. The summed E-state index contributed by atoms with van der Waals surface area (Å²) in [4.78, 5) is 12.1. The standard InChI is InChI=1S/C22H18BrN3O2S/c1-15-3-2-4-19(13-15)25-22(29)26-24-14-16-5-11-20(12-6-16)28-21(27)17-7-9-18(23)10-8-17/h2-14H,1H3,(H2,25,26,29). The van der Waals surface area contributed by atoms with Crippen LogP contribution in [0.1, 0.15) is 21.5 Å². The van der Waals surface area contributed by atoms with E-state index < -0.39 is 5.97 Å². The van der Waals surface area contributed by atoms with E-state index >= 15 is 0 Å². The molecule has 0 atom stereocenters. The molecule has 3 aromatic carbocycles. The molecule has 0 spiro atoms. The average molecular weight is 468 g/mol. The molecule has 5 nitrogen and oxygen atoms in total. The van der Waals surface area contributed by atoms with E-state index in [4.69, 9.17) is 17.0 Å². The monoisotopic (exact) mass is 467 g/mol. The molecule has 0 unspecified atom stereocenters. The molecule has 0 fully saturated rings. The number of hydrazone groups is 1. The van der Waals surface area contributed by atoms with Crippen LogP contribution in [0.4, 0.5) is 5.69 Å². The lowest BCUT2D eigenvalue weighted by atomic mass is 10.2. The molecule has 0 aromatic heterocycles. The van der Waals surface area contributed by atoms with Gasteiger partial charge in [-0.1, -0.05) is 28.1 Å². The number of halogens is 1. The number of ether oxygens (including phenoxy) is 1. The van der Waals surface area contributed by atoms with Crippen molar-refractivity contribution in [3.63, 3.8) is 0 Å². The third kappa shape index (κ3) is 6.51. The van der Waals surface area contributed by atoms with Gasteiger partial charge >= 0.3 is 5.97 Å². The van der Waals surface area contributed by atoms with Crippen molar-refractivity contribution in [3.8, 4) is 5.75 Å². The lowest BCUT2D eigenvalue weighted by Gasteiger charge is -2.07. The van der Waals surface area contributed by atoms with Crippen LogP contribution < -0.4 is 15.5 Å². The second-order valence-corrected chi connectivity index (χ2v) is 7.48. The number of esters is 1. The fraction of sp³-hybridized carbons (Fsp3) is 0.0455. The Bertz CT molecular complexity index is 1030. The molecule has 29 heavy (non-hydrogen) atoms. The smallest absolute Gasteiger partial charge is 0.343 e. The molecule has 0 saturated carbocycles. The van der Waals surface area contributed by atoms with E-state index in [1.165, 1.54) is 0 Å². The lowest BCUT2D eigenvalue weighted by molar-refractivity contribution is 0.0734. The van der Waals surface area contributed by atoms with Crippen molar-refractivity contribution < 1.29 is 9.53 Å². The number of rotatable bonds is 5. The van der Waals surface area contributed by atoms with Crippen LogP contribution in [0.3, 0.4) is 0 Å². The summed E-state index contributed by atoms with van der Waals surface area (Å²) in [5.74, 6) is 0.0489. The van der Waals surface area contributed by atoms with Crippen molar-refractivity contribution in [2.24, 2.45) is 5.10 Å². The summed E-state index contributed by atoms with van der Waals surface area (Å²) in [7, 11) is 0. The number of carbonyl (C=O) groups is 1. The van der Waals surface area contributed by atoms with Crippen LogP contribution in [0.2, 0.25) is 0 Å². The van der Waals surface area contributed by atoms with Gasteiger partial charge in [-0.2, -0.15) is 5.10 Å². The number of aryl methyl sites for hydroxylation is 1. The minimum absolute atomic E-state index is 0.395. The number of nitrogens with one attached hydrogen (secondary N) is 2. The zero-order valence-corrected chi connectivity index (χ0v) is 18.0. The van der Waals surface area contributed by atoms with Gasteiger partial charge in [-0.05, 0) is 90.9 Å². The highest BCUT2D eigenvalue weighted by molar-refractivity contribution is 9.10. The van der Waals surface area contributed by atoms with E-state index in [1.807, 2.05) is 31.2 Å². The fourth-order valence-corrected chi connectivity index (χ4v) is 2.86. The fourth-order valence-electron chi connectivity index (χ4n) is 2.42. The van der Waals surface area contributed by atoms with Crippen molar-refractivity contribution in [1.29, 1.82) is 0 Å². The van der Waals surface area contributed by atoms with Gasteiger partial charge in [0.2, 0.25) is 0 Å². The predicted octanol–water partition coefficient (Wildman–Crippen LogP) is 5.30. The lowest BCUT2D eigenvalue weighted by Crippen LogP contribution is -2.23. The molecular weight excluding hydrogens is 450 g/mol. The van der Waals surface area contributed by atoms with Gasteiger partial charge in [0.15, 0.2) is 5.11 Å². The van der Waals surface area contributed by atoms with Gasteiger partial charge in [0.25, 0.3) is 0 Å². The first-order chi connectivity index (χ1) is 14.0. The van der Waals surface area contributed by atoms with Gasteiger partial charge < -0.3 is 10.1 Å². The Hall–Kier alpha value is -3.03. The van der Waals surface area contributed by atoms with Crippen LogP contribution in [0.15, 0.2) is 82.4 Å². The third-order valence-corrected chi connectivity index (χ3v) is 4.55. The molecule has 146 valence electrons. The molecule has 0 aliphatic carbocycles. The number of thiocarbonyl (C=S) groups is 1. The molecule has 0 bridgehead atoms. The zero-order valence-electron chi connectivity index (χ0n) is 15.6. The first-order valence-corrected chi connectivity index (χ1v) is 9.94.